The molecule has 2 atom stereocenters. The molecule has 2 aromatic rings. The highest BCUT2D eigenvalue weighted by Crippen LogP contribution is 2.39. The van der Waals surface area contributed by atoms with E-state index in [9.17, 15) is 9.90 Å². The lowest BCUT2D eigenvalue weighted by Gasteiger charge is -2.38. The van der Waals surface area contributed by atoms with Gasteiger partial charge < -0.3 is 14.6 Å². The van der Waals surface area contributed by atoms with E-state index >= 15 is 0 Å². The Bertz CT molecular complexity index is 811. The van der Waals surface area contributed by atoms with E-state index in [1.54, 1.807) is 14.2 Å². The molecule has 0 aromatic heterocycles. The summed E-state index contributed by atoms with van der Waals surface area (Å²) in [7, 11) is 3.24. The van der Waals surface area contributed by atoms with Crippen molar-refractivity contribution in [3.8, 4) is 11.5 Å². The summed E-state index contributed by atoms with van der Waals surface area (Å²) in [6.07, 6.45) is 1.59. The summed E-state index contributed by atoms with van der Waals surface area (Å²) in [4.78, 5) is 13.8. The van der Waals surface area contributed by atoms with Crippen molar-refractivity contribution in [1.29, 1.82) is 0 Å². The minimum Gasteiger partial charge on any atom is -0.493 e. The van der Waals surface area contributed by atoms with E-state index in [1.165, 1.54) is 0 Å². The Balaban J connectivity index is 2.06. The fraction of sp³-hybridized carbons (Fsp3) is 0.381. The minimum absolute atomic E-state index is 0.0671. The Labute approximate surface area is 168 Å². The van der Waals surface area contributed by atoms with Gasteiger partial charge in [0.05, 0.1) is 26.2 Å². The van der Waals surface area contributed by atoms with Crippen LogP contribution in [0.3, 0.4) is 0 Å². The Kier molecular flexibility index (Phi) is 6.39. The molecule has 144 valence electrons. The molecule has 27 heavy (non-hydrogen) atoms. The second-order valence-corrected chi connectivity index (χ2v) is 7.57. The molecular formula is C21H24BrNO4. The zero-order valence-corrected chi connectivity index (χ0v) is 17.1. The van der Waals surface area contributed by atoms with Gasteiger partial charge in [0, 0.05) is 11.0 Å². The van der Waals surface area contributed by atoms with Crippen LogP contribution in [0.2, 0.25) is 0 Å². The largest absolute Gasteiger partial charge is 0.493 e. The van der Waals surface area contributed by atoms with Crippen LogP contribution >= 0.6 is 15.9 Å². The lowest BCUT2D eigenvalue weighted by Crippen LogP contribution is -2.41. The van der Waals surface area contributed by atoms with E-state index in [4.69, 9.17) is 9.47 Å². The number of rotatable bonds is 6. The average molecular weight is 434 g/mol. The molecule has 0 aliphatic carbocycles. The van der Waals surface area contributed by atoms with Crippen LogP contribution < -0.4 is 9.47 Å². The first kappa shape index (κ1) is 19.7. The number of hydrogen-bond donors (Lipinski definition) is 1. The standard InChI is InChI=1S/C21H24BrNO4/c1-26-18-10-9-14(12-19(18)27-2)20(16-7-3-4-8-17(16)22)23-11-5-6-15(13-23)21(24)25/h3-4,7-10,12,15,20H,5-6,11,13H2,1-2H3,(H,24,25). The fourth-order valence-electron chi connectivity index (χ4n) is 3.75. The van der Waals surface area contributed by atoms with E-state index in [1.807, 2.05) is 36.4 Å². The van der Waals surface area contributed by atoms with Crippen molar-refractivity contribution >= 4 is 21.9 Å². The molecule has 0 bridgehead atoms. The monoisotopic (exact) mass is 433 g/mol. The van der Waals surface area contributed by atoms with E-state index in [0.717, 1.165) is 35.0 Å². The van der Waals surface area contributed by atoms with E-state index in [-0.39, 0.29) is 12.0 Å². The number of benzene rings is 2. The SMILES string of the molecule is COc1ccc(C(c2ccccc2Br)N2CCCC(C(=O)O)C2)cc1OC. The van der Waals surface area contributed by atoms with Gasteiger partial charge in [0.1, 0.15) is 0 Å². The van der Waals surface area contributed by atoms with Crippen molar-refractivity contribution in [1.82, 2.24) is 4.90 Å². The first-order chi connectivity index (χ1) is 13.0. The van der Waals surface area contributed by atoms with Gasteiger partial charge in [-0.25, -0.2) is 0 Å². The van der Waals surface area contributed by atoms with Crippen LogP contribution in [0.5, 0.6) is 11.5 Å². The lowest BCUT2D eigenvalue weighted by molar-refractivity contribution is -0.143. The fourth-order valence-corrected chi connectivity index (χ4v) is 4.25. The number of carboxylic acid groups (broad SMARTS) is 1. The first-order valence-corrected chi connectivity index (χ1v) is 9.77. The van der Waals surface area contributed by atoms with Gasteiger partial charge in [-0.3, -0.25) is 9.69 Å². The van der Waals surface area contributed by atoms with E-state index < -0.39 is 5.97 Å². The normalized spacial score (nSPS) is 18.7. The average Bonchev–Trinajstić information content (AvgIpc) is 2.69. The maximum absolute atomic E-state index is 11.6. The first-order valence-electron chi connectivity index (χ1n) is 8.98. The van der Waals surface area contributed by atoms with Crippen molar-refractivity contribution in [3.05, 3.63) is 58.1 Å². The van der Waals surface area contributed by atoms with Gasteiger partial charge in [0.25, 0.3) is 0 Å². The minimum atomic E-state index is -0.724. The summed E-state index contributed by atoms with van der Waals surface area (Å²) in [5.41, 5.74) is 2.15. The van der Waals surface area contributed by atoms with Gasteiger partial charge in [-0.05, 0) is 48.7 Å². The molecule has 3 rings (SSSR count). The van der Waals surface area contributed by atoms with Crippen molar-refractivity contribution in [2.75, 3.05) is 27.3 Å². The molecule has 5 nitrogen and oxygen atoms in total. The second-order valence-electron chi connectivity index (χ2n) is 6.71. The highest BCUT2D eigenvalue weighted by atomic mass is 79.9. The quantitative estimate of drug-likeness (QED) is 0.733. The molecule has 6 heteroatoms. The number of nitrogens with zero attached hydrogens (tertiary/aromatic N) is 1. The third-order valence-electron chi connectivity index (χ3n) is 5.09. The highest BCUT2D eigenvalue weighted by molar-refractivity contribution is 9.10. The summed E-state index contributed by atoms with van der Waals surface area (Å²) in [5, 5.41) is 9.51. The van der Waals surface area contributed by atoms with Gasteiger partial charge in [-0.15, -0.1) is 0 Å². The van der Waals surface area contributed by atoms with Crippen molar-refractivity contribution in [2.24, 2.45) is 5.92 Å². The molecule has 0 amide bonds. The number of carboxylic acids is 1. The number of carbonyl (C=O) groups is 1. The van der Waals surface area contributed by atoms with Crippen molar-refractivity contribution in [2.45, 2.75) is 18.9 Å². The maximum Gasteiger partial charge on any atom is 0.307 e. The van der Waals surface area contributed by atoms with Crippen LogP contribution in [0.1, 0.15) is 30.0 Å². The van der Waals surface area contributed by atoms with Gasteiger partial charge in [-0.2, -0.15) is 0 Å². The molecule has 1 aliphatic rings. The van der Waals surface area contributed by atoms with Crippen molar-refractivity contribution < 1.29 is 19.4 Å². The summed E-state index contributed by atoms with van der Waals surface area (Å²) >= 11 is 3.67. The highest BCUT2D eigenvalue weighted by Gasteiger charge is 2.32. The molecule has 0 spiro atoms. The second kappa shape index (κ2) is 8.76. The zero-order valence-electron chi connectivity index (χ0n) is 15.5. The third-order valence-corrected chi connectivity index (χ3v) is 5.81. The van der Waals surface area contributed by atoms with Crippen LogP contribution in [-0.4, -0.2) is 43.3 Å². The zero-order chi connectivity index (χ0) is 19.4. The number of likely N-dealkylation sites (tertiary alicyclic amines) is 1. The van der Waals surface area contributed by atoms with Crippen LogP contribution in [0, 0.1) is 5.92 Å². The van der Waals surface area contributed by atoms with Crippen molar-refractivity contribution in [3.63, 3.8) is 0 Å². The van der Waals surface area contributed by atoms with Gasteiger partial charge in [0.15, 0.2) is 11.5 Å². The predicted molar refractivity (Wildman–Crippen MR) is 107 cm³/mol. The third kappa shape index (κ3) is 4.28. The molecule has 1 N–H and O–H groups in total. The molecule has 1 saturated heterocycles. The summed E-state index contributed by atoms with van der Waals surface area (Å²) in [6.45, 7) is 1.37. The maximum atomic E-state index is 11.6. The molecule has 0 saturated carbocycles. The lowest BCUT2D eigenvalue weighted by atomic mass is 9.91. The number of halogens is 1. The van der Waals surface area contributed by atoms with Gasteiger partial charge >= 0.3 is 5.97 Å². The summed E-state index contributed by atoms with van der Waals surface area (Å²) in [6, 6.07) is 13.9. The summed E-state index contributed by atoms with van der Waals surface area (Å²) < 4.78 is 11.9. The van der Waals surface area contributed by atoms with Crippen LogP contribution in [-0.2, 0) is 4.79 Å². The number of piperidine rings is 1. The number of methoxy groups -OCH3 is 2. The Hall–Kier alpha value is -2.05. The van der Waals surface area contributed by atoms with E-state index in [2.05, 4.69) is 26.9 Å². The molecule has 2 aromatic carbocycles. The Morgan fingerprint density at radius 3 is 2.59 bits per heavy atom. The van der Waals surface area contributed by atoms with Crippen LogP contribution in [0.25, 0.3) is 0 Å². The smallest absolute Gasteiger partial charge is 0.307 e. The molecule has 0 radical (unpaired) electrons. The van der Waals surface area contributed by atoms with E-state index in [0.29, 0.717) is 18.0 Å². The number of ether oxygens (including phenoxy) is 2. The molecule has 1 aliphatic heterocycles. The van der Waals surface area contributed by atoms with Crippen LogP contribution in [0.15, 0.2) is 46.9 Å². The molecule has 1 fully saturated rings. The molecule has 1 heterocycles. The molecule has 2 unspecified atom stereocenters. The molecular weight excluding hydrogens is 410 g/mol. The Morgan fingerprint density at radius 2 is 1.93 bits per heavy atom. The van der Waals surface area contributed by atoms with Gasteiger partial charge in [-0.1, -0.05) is 40.2 Å². The van der Waals surface area contributed by atoms with Crippen LogP contribution in [0.4, 0.5) is 0 Å². The van der Waals surface area contributed by atoms with Gasteiger partial charge in [0.2, 0.25) is 0 Å². The topological polar surface area (TPSA) is 59.0 Å². The Morgan fingerprint density at radius 1 is 1.19 bits per heavy atom. The number of aliphatic carboxylic acids is 1. The summed E-state index contributed by atoms with van der Waals surface area (Å²) in [5.74, 6) is 0.273. The predicted octanol–water partition coefficient (Wildman–Crippen LogP) is 4.35. The number of hydrogen-bond acceptors (Lipinski definition) is 4.